The number of carbonyl (C=O) groups excluding carboxylic acids is 2. The summed E-state index contributed by atoms with van der Waals surface area (Å²) in [5.74, 6) is 0.768. The lowest BCUT2D eigenvalue weighted by Gasteiger charge is -2.30. The molecule has 1 fully saturated rings. The van der Waals surface area contributed by atoms with Crippen LogP contribution in [0, 0.1) is 12.8 Å². The lowest BCUT2D eigenvalue weighted by Crippen LogP contribution is -2.37. The first-order valence-electron chi connectivity index (χ1n) is 8.07. The summed E-state index contributed by atoms with van der Waals surface area (Å²) in [6.07, 6.45) is 3.75. The second-order valence-electron chi connectivity index (χ2n) is 6.13. The van der Waals surface area contributed by atoms with Crippen molar-refractivity contribution < 1.29 is 9.59 Å². The number of urea groups is 1. The highest BCUT2D eigenvalue weighted by Crippen LogP contribution is 2.21. The van der Waals surface area contributed by atoms with Crippen molar-refractivity contribution in [2.75, 3.05) is 25.0 Å². The van der Waals surface area contributed by atoms with E-state index >= 15 is 0 Å². The molecule has 0 atom stereocenters. The highest BCUT2D eigenvalue weighted by molar-refractivity contribution is 5.96. The van der Waals surface area contributed by atoms with Crippen LogP contribution in [0.3, 0.4) is 0 Å². The quantitative estimate of drug-likeness (QED) is 0.838. The van der Waals surface area contributed by atoms with Gasteiger partial charge in [0.2, 0.25) is 0 Å². The fourth-order valence-corrected chi connectivity index (χ4v) is 2.66. The van der Waals surface area contributed by atoms with Gasteiger partial charge in [-0.3, -0.25) is 4.79 Å². The van der Waals surface area contributed by atoms with Gasteiger partial charge in [-0.1, -0.05) is 13.0 Å². The number of rotatable bonds is 4. The van der Waals surface area contributed by atoms with Crippen LogP contribution in [-0.4, -0.2) is 36.5 Å². The molecule has 2 N–H and O–H groups in total. The van der Waals surface area contributed by atoms with Gasteiger partial charge in [0.15, 0.2) is 0 Å². The normalized spacial score (nSPS) is 15.1. The topological polar surface area (TPSA) is 61.4 Å². The molecule has 1 saturated heterocycles. The van der Waals surface area contributed by atoms with Crippen molar-refractivity contribution in [1.82, 2.24) is 10.2 Å². The van der Waals surface area contributed by atoms with Gasteiger partial charge < -0.3 is 15.5 Å². The van der Waals surface area contributed by atoms with Gasteiger partial charge in [-0.05, 0) is 49.4 Å². The third-order valence-electron chi connectivity index (χ3n) is 4.20. The van der Waals surface area contributed by atoms with E-state index in [9.17, 15) is 9.59 Å². The molecule has 0 spiro atoms. The lowest BCUT2D eigenvalue weighted by molar-refractivity contribution is 0.0697. The van der Waals surface area contributed by atoms with Crippen LogP contribution in [0.1, 0.15) is 35.7 Å². The van der Waals surface area contributed by atoms with Crippen LogP contribution in [0.2, 0.25) is 0 Å². The van der Waals surface area contributed by atoms with E-state index in [1.54, 1.807) is 18.2 Å². The molecule has 124 valence electrons. The first-order chi connectivity index (χ1) is 11.0. The molecule has 1 heterocycles. The Balaban J connectivity index is 2.02. The van der Waals surface area contributed by atoms with E-state index < -0.39 is 0 Å². The third kappa shape index (κ3) is 4.58. The van der Waals surface area contributed by atoms with E-state index in [0.29, 0.717) is 23.7 Å². The monoisotopic (exact) mass is 315 g/mol. The average molecular weight is 315 g/mol. The minimum atomic E-state index is -0.280. The van der Waals surface area contributed by atoms with E-state index in [4.69, 9.17) is 0 Å². The molecule has 0 bridgehead atoms. The lowest BCUT2D eigenvalue weighted by atomic mass is 9.98. The van der Waals surface area contributed by atoms with Gasteiger partial charge in [-0.15, -0.1) is 6.58 Å². The van der Waals surface area contributed by atoms with Crippen molar-refractivity contribution in [2.45, 2.75) is 26.7 Å². The predicted octanol–water partition coefficient (Wildman–Crippen LogP) is 3.17. The zero-order valence-corrected chi connectivity index (χ0v) is 13.9. The van der Waals surface area contributed by atoms with Crippen LogP contribution < -0.4 is 10.6 Å². The molecule has 0 radical (unpaired) electrons. The molecular formula is C18H25N3O2. The van der Waals surface area contributed by atoms with E-state index in [0.717, 1.165) is 31.5 Å². The molecule has 1 aromatic rings. The molecule has 0 aromatic heterocycles. The molecule has 1 aliphatic heterocycles. The van der Waals surface area contributed by atoms with Gasteiger partial charge in [0.1, 0.15) is 0 Å². The van der Waals surface area contributed by atoms with Crippen LogP contribution >= 0.6 is 0 Å². The number of amides is 3. The van der Waals surface area contributed by atoms with E-state index in [-0.39, 0.29) is 11.9 Å². The second-order valence-corrected chi connectivity index (χ2v) is 6.13. The molecule has 3 amide bonds. The third-order valence-corrected chi connectivity index (χ3v) is 4.20. The Morgan fingerprint density at radius 3 is 2.65 bits per heavy atom. The zero-order valence-electron chi connectivity index (χ0n) is 13.9. The first kappa shape index (κ1) is 17.1. The van der Waals surface area contributed by atoms with Gasteiger partial charge in [-0.25, -0.2) is 4.79 Å². The number of likely N-dealkylation sites (tertiary alicyclic amines) is 1. The highest BCUT2D eigenvalue weighted by atomic mass is 16.2. The standard InChI is InChI=1S/C18H25N3O2/c1-4-9-19-18(23)20-16-6-5-15(12-14(16)3)17(22)21-10-7-13(2)8-11-21/h4-6,12-13H,1,7-11H2,2-3H3,(H2,19,20,23). The Morgan fingerprint density at radius 1 is 1.35 bits per heavy atom. The van der Waals surface area contributed by atoms with Crippen LogP contribution in [-0.2, 0) is 0 Å². The van der Waals surface area contributed by atoms with E-state index in [1.807, 2.05) is 17.9 Å². The summed E-state index contributed by atoms with van der Waals surface area (Å²) < 4.78 is 0. The molecule has 1 aliphatic rings. The van der Waals surface area contributed by atoms with Crippen molar-refractivity contribution in [3.63, 3.8) is 0 Å². The molecule has 5 nitrogen and oxygen atoms in total. The Labute approximate surface area is 137 Å². The largest absolute Gasteiger partial charge is 0.339 e. The number of benzene rings is 1. The fraction of sp³-hybridized carbons (Fsp3) is 0.444. The summed E-state index contributed by atoms with van der Waals surface area (Å²) in [7, 11) is 0. The molecular weight excluding hydrogens is 290 g/mol. The van der Waals surface area contributed by atoms with Crippen molar-refractivity contribution in [3.8, 4) is 0 Å². The number of nitrogens with one attached hydrogen (secondary N) is 2. The number of nitrogens with zero attached hydrogens (tertiary/aromatic N) is 1. The van der Waals surface area contributed by atoms with Crippen molar-refractivity contribution >= 4 is 17.6 Å². The van der Waals surface area contributed by atoms with Crippen LogP contribution in [0.4, 0.5) is 10.5 Å². The highest BCUT2D eigenvalue weighted by Gasteiger charge is 2.21. The van der Waals surface area contributed by atoms with Crippen LogP contribution in [0.15, 0.2) is 30.9 Å². The van der Waals surface area contributed by atoms with Gasteiger partial charge in [0.25, 0.3) is 5.91 Å². The zero-order chi connectivity index (χ0) is 16.8. The van der Waals surface area contributed by atoms with Gasteiger partial charge in [-0.2, -0.15) is 0 Å². The second kappa shape index (κ2) is 7.81. The Hall–Kier alpha value is -2.30. The number of piperidine rings is 1. The SMILES string of the molecule is C=CCNC(=O)Nc1ccc(C(=O)N2CCC(C)CC2)cc1C. The van der Waals surface area contributed by atoms with Crippen molar-refractivity contribution in [3.05, 3.63) is 42.0 Å². The van der Waals surface area contributed by atoms with Gasteiger partial charge in [0.05, 0.1) is 0 Å². The number of anilines is 1. The minimum Gasteiger partial charge on any atom is -0.339 e. The minimum absolute atomic E-state index is 0.0719. The summed E-state index contributed by atoms with van der Waals surface area (Å²) in [4.78, 5) is 26.1. The summed E-state index contributed by atoms with van der Waals surface area (Å²) >= 11 is 0. The fourth-order valence-electron chi connectivity index (χ4n) is 2.66. The van der Waals surface area contributed by atoms with Crippen LogP contribution in [0.25, 0.3) is 0 Å². The molecule has 5 heteroatoms. The summed E-state index contributed by atoms with van der Waals surface area (Å²) in [5.41, 5.74) is 2.25. The molecule has 0 aliphatic carbocycles. The average Bonchev–Trinajstić information content (AvgIpc) is 2.55. The number of carbonyl (C=O) groups is 2. The molecule has 0 saturated carbocycles. The first-order valence-corrected chi connectivity index (χ1v) is 8.07. The van der Waals surface area contributed by atoms with E-state index in [1.165, 1.54) is 0 Å². The maximum atomic E-state index is 12.5. The summed E-state index contributed by atoms with van der Waals surface area (Å²) in [5, 5.41) is 5.43. The van der Waals surface area contributed by atoms with Crippen molar-refractivity contribution in [1.29, 1.82) is 0 Å². The predicted molar refractivity (Wildman–Crippen MR) is 92.7 cm³/mol. The molecule has 1 aromatic carbocycles. The Bertz CT molecular complexity index is 590. The number of hydrogen-bond acceptors (Lipinski definition) is 2. The maximum Gasteiger partial charge on any atom is 0.319 e. The molecule has 2 rings (SSSR count). The smallest absolute Gasteiger partial charge is 0.319 e. The van der Waals surface area contributed by atoms with Crippen molar-refractivity contribution in [2.24, 2.45) is 5.92 Å². The van der Waals surface area contributed by atoms with E-state index in [2.05, 4.69) is 24.1 Å². The Morgan fingerprint density at radius 2 is 2.04 bits per heavy atom. The molecule has 0 unspecified atom stereocenters. The summed E-state index contributed by atoms with van der Waals surface area (Å²) in [6.45, 7) is 9.72. The van der Waals surface area contributed by atoms with Gasteiger partial charge in [0, 0.05) is 30.9 Å². The maximum absolute atomic E-state index is 12.5. The summed E-state index contributed by atoms with van der Waals surface area (Å²) in [6, 6.07) is 5.11. The Kier molecular flexibility index (Phi) is 5.79. The van der Waals surface area contributed by atoms with Gasteiger partial charge >= 0.3 is 6.03 Å². The number of aryl methyl sites for hydroxylation is 1. The number of hydrogen-bond donors (Lipinski definition) is 2. The van der Waals surface area contributed by atoms with Crippen LogP contribution in [0.5, 0.6) is 0 Å². The molecule has 23 heavy (non-hydrogen) atoms.